The van der Waals surface area contributed by atoms with Gasteiger partial charge < -0.3 is 14.6 Å². The zero-order valence-corrected chi connectivity index (χ0v) is 21.6. The van der Waals surface area contributed by atoms with Crippen LogP contribution in [0.25, 0.3) is 11.1 Å². The first-order chi connectivity index (χ1) is 17.8. The van der Waals surface area contributed by atoms with Crippen LogP contribution in [0, 0.1) is 0 Å². The molecule has 1 N–H and O–H groups in total. The molecule has 1 atom stereocenters. The van der Waals surface area contributed by atoms with Gasteiger partial charge >= 0.3 is 11.9 Å². The van der Waals surface area contributed by atoms with E-state index in [0.29, 0.717) is 27.8 Å². The van der Waals surface area contributed by atoms with Gasteiger partial charge in [-0.1, -0.05) is 59.6 Å². The Hall–Kier alpha value is -3.61. The van der Waals surface area contributed by atoms with Crippen molar-refractivity contribution in [2.24, 2.45) is 4.99 Å². The van der Waals surface area contributed by atoms with Gasteiger partial charge in [-0.05, 0) is 64.2 Å². The standard InChI is InChI=1S/C29H25Cl2NO5/c1-36-26-9-7-22(21-5-2-4-19(14-21)15-27(33)34)16-23(26)18-29(11-3-12-32-29)28(35)37-13-10-20-6-8-24(30)17-25(20)31/h2-9,11-12,14,16-17H,10,13,15,18H2,1H3,(H,33,34). The molecule has 37 heavy (non-hydrogen) atoms. The van der Waals surface area contributed by atoms with Gasteiger partial charge in [0.1, 0.15) is 5.75 Å². The molecule has 1 unspecified atom stereocenters. The molecule has 0 bridgehead atoms. The molecule has 0 amide bonds. The number of esters is 1. The van der Waals surface area contributed by atoms with Crippen LogP contribution in [0.15, 0.2) is 77.8 Å². The van der Waals surface area contributed by atoms with Gasteiger partial charge in [0.25, 0.3) is 0 Å². The van der Waals surface area contributed by atoms with Gasteiger partial charge in [-0.2, -0.15) is 0 Å². The Labute approximate surface area is 225 Å². The lowest BCUT2D eigenvalue weighted by atomic mass is 9.89. The highest BCUT2D eigenvalue weighted by Crippen LogP contribution is 2.33. The van der Waals surface area contributed by atoms with Crippen LogP contribution in [0.2, 0.25) is 10.0 Å². The maximum Gasteiger partial charge on any atom is 0.338 e. The second kappa shape index (κ2) is 11.6. The maximum atomic E-state index is 13.3. The minimum Gasteiger partial charge on any atom is -0.496 e. The van der Waals surface area contributed by atoms with Crippen LogP contribution in [0.3, 0.4) is 0 Å². The summed E-state index contributed by atoms with van der Waals surface area (Å²) >= 11 is 12.2. The van der Waals surface area contributed by atoms with Crippen LogP contribution in [-0.2, 0) is 33.6 Å². The summed E-state index contributed by atoms with van der Waals surface area (Å²) in [5.74, 6) is -0.753. The summed E-state index contributed by atoms with van der Waals surface area (Å²) in [6, 6.07) is 18.2. The number of hydrogen-bond acceptors (Lipinski definition) is 5. The highest BCUT2D eigenvalue weighted by Gasteiger charge is 2.39. The number of benzene rings is 3. The van der Waals surface area contributed by atoms with E-state index in [0.717, 1.165) is 22.3 Å². The SMILES string of the molecule is COc1ccc(-c2cccc(CC(=O)O)c2)cc1CC1(C(=O)OCCc2ccc(Cl)cc2Cl)C=CC=N1. The number of hydrogen-bond donors (Lipinski definition) is 1. The lowest BCUT2D eigenvalue weighted by Crippen LogP contribution is -2.38. The zero-order valence-electron chi connectivity index (χ0n) is 20.1. The van der Waals surface area contributed by atoms with Crippen molar-refractivity contribution in [2.45, 2.75) is 24.8 Å². The van der Waals surface area contributed by atoms with Crippen molar-refractivity contribution in [3.8, 4) is 16.9 Å². The van der Waals surface area contributed by atoms with Gasteiger partial charge in [0.15, 0.2) is 5.54 Å². The third-order valence-electron chi connectivity index (χ3n) is 6.09. The number of carbonyl (C=O) groups excluding carboxylic acids is 1. The lowest BCUT2D eigenvalue weighted by molar-refractivity contribution is -0.148. The van der Waals surface area contributed by atoms with Gasteiger partial charge in [0.2, 0.25) is 0 Å². The van der Waals surface area contributed by atoms with Crippen molar-refractivity contribution >= 4 is 41.4 Å². The first-order valence-electron chi connectivity index (χ1n) is 11.6. The first kappa shape index (κ1) is 26.5. The number of carboxylic acid groups (broad SMARTS) is 1. The third kappa shape index (κ3) is 6.40. The van der Waals surface area contributed by atoms with Crippen LogP contribution < -0.4 is 4.74 Å². The van der Waals surface area contributed by atoms with Crippen molar-refractivity contribution in [2.75, 3.05) is 13.7 Å². The van der Waals surface area contributed by atoms with E-state index in [4.69, 9.17) is 37.8 Å². The molecule has 6 nitrogen and oxygen atoms in total. The monoisotopic (exact) mass is 537 g/mol. The second-order valence-electron chi connectivity index (χ2n) is 8.66. The van der Waals surface area contributed by atoms with Gasteiger partial charge in [-0.3, -0.25) is 9.79 Å². The van der Waals surface area contributed by atoms with Crippen molar-refractivity contribution in [3.05, 3.63) is 99.6 Å². The predicted octanol–water partition coefficient (Wildman–Crippen LogP) is 6.00. The summed E-state index contributed by atoms with van der Waals surface area (Å²) in [5, 5.41) is 10.2. The Kier molecular flexibility index (Phi) is 8.31. The van der Waals surface area contributed by atoms with Crippen LogP contribution in [-0.4, -0.2) is 42.5 Å². The minimum atomic E-state index is -1.22. The molecule has 190 valence electrons. The number of carbonyl (C=O) groups is 2. The summed E-state index contributed by atoms with van der Waals surface area (Å²) in [6.45, 7) is 0.138. The highest BCUT2D eigenvalue weighted by molar-refractivity contribution is 6.35. The van der Waals surface area contributed by atoms with Crippen LogP contribution in [0.4, 0.5) is 0 Å². The van der Waals surface area contributed by atoms with E-state index in [9.17, 15) is 9.59 Å². The van der Waals surface area contributed by atoms with Gasteiger partial charge in [-0.15, -0.1) is 0 Å². The molecule has 3 aromatic carbocycles. The van der Waals surface area contributed by atoms with E-state index in [2.05, 4.69) is 4.99 Å². The molecule has 4 rings (SSSR count). The molecule has 1 aliphatic rings. The van der Waals surface area contributed by atoms with Crippen LogP contribution >= 0.6 is 23.2 Å². The van der Waals surface area contributed by atoms with Crippen molar-refractivity contribution in [1.29, 1.82) is 0 Å². The molecule has 1 heterocycles. The Balaban J connectivity index is 1.54. The van der Waals surface area contributed by atoms with E-state index in [1.807, 2.05) is 42.5 Å². The maximum absolute atomic E-state index is 13.3. The van der Waals surface area contributed by atoms with Gasteiger partial charge in [0.05, 0.1) is 20.1 Å². The molecular weight excluding hydrogens is 513 g/mol. The van der Waals surface area contributed by atoms with Crippen molar-refractivity contribution in [3.63, 3.8) is 0 Å². The fourth-order valence-corrected chi connectivity index (χ4v) is 4.75. The number of nitrogens with zero attached hydrogens (tertiary/aromatic N) is 1. The molecule has 0 fully saturated rings. The Morgan fingerprint density at radius 3 is 2.51 bits per heavy atom. The summed E-state index contributed by atoms with van der Waals surface area (Å²) in [5.41, 5.74) is 2.81. The van der Waals surface area contributed by atoms with E-state index in [1.54, 1.807) is 43.7 Å². The average molecular weight is 538 g/mol. The average Bonchev–Trinajstić information content (AvgIpc) is 3.35. The molecule has 0 radical (unpaired) electrons. The number of halogens is 2. The van der Waals surface area contributed by atoms with Gasteiger partial charge in [-0.25, -0.2) is 4.79 Å². The molecule has 0 aromatic heterocycles. The number of rotatable bonds is 10. The fourth-order valence-electron chi connectivity index (χ4n) is 4.24. The highest BCUT2D eigenvalue weighted by atomic mass is 35.5. The number of methoxy groups -OCH3 is 1. The molecule has 0 saturated heterocycles. The number of aliphatic carboxylic acids is 1. The van der Waals surface area contributed by atoms with E-state index in [-0.39, 0.29) is 19.4 Å². The second-order valence-corrected chi connectivity index (χ2v) is 9.50. The number of allylic oxidation sites excluding steroid dienone is 1. The summed E-state index contributed by atoms with van der Waals surface area (Å²) < 4.78 is 11.2. The van der Waals surface area contributed by atoms with E-state index in [1.165, 1.54) is 0 Å². The summed E-state index contributed by atoms with van der Waals surface area (Å²) in [7, 11) is 1.57. The smallest absolute Gasteiger partial charge is 0.338 e. The van der Waals surface area contributed by atoms with Crippen LogP contribution in [0.5, 0.6) is 5.75 Å². The molecule has 3 aromatic rings. The third-order valence-corrected chi connectivity index (χ3v) is 6.68. The first-order valence-corrected chi connectivity index (χ1v) is 12.4. The van der Waals surface area contributed by atoms with Gasteiger partial charge in [0, 0.05) is 29.1 Å². The van der Waals surface area contributed by atoms with Crippen molar-refractivity contribution < 1.29 is 24.2 Å². The predicted molar refractivity (Wildman–Crippen MR) is 145 cm³/mol. The Morgan fingerprint density at radius 1 is 1.00 bits per heavy atom. The molecule has 0 spiro atoms. The minimum absolute atomic E-state index is 0.0630. The zero-order chi connectivity index (χ0) is 26.4. The lowest BCUT2D eigenvalue weighted by Gasteiger charge is -2.24. The number of ether oxygens (including phenoxy) is 2. The number of aliphatic imine (C=N–C) groups is 1. The quantitative estimate of drug-likeness (QED) is 0.320. The molecule has 0 aliphatic carbocycles. The Bertz CT molecular complexity index is 1370. The molecular formula is C29H25Cl2NO5. The topological polar surface area (TPSA) is 85.2 Å². The van der Waals surface area contributed by atoms with Crippen LogP contribution in [0.1, 0.15) is 16.7 Å². The summed E-state index contributed by atoms with van der Waals surface area (Å²) in [6.07, 6.45) is 5.64. The summed E-state index contributed by atoms with van der Waals surface area (Å²) in [4.78, 5) is 28.9. The Morgan fingerprint density at radius 2 is 1.81 bits per heavy atom. The normalized spacial score (nSPS) is 16.1. The molecule has 1 aliphatic heterocycles. The molecule has 8 heteroatoms. The van der Waals surface area contributed by atoms with E-state index >= 15 is 0 Å². The molecule has 0 saturated carbocycles. The van der Waals surface area contributed by atoms with Crippen molar-refractivity contribution in [1.82, 2.24) is 0 Å². The van der Waals surface area contributed by atoms with E-state index < -0.39 is 17.5 Å². The fraction of sp³-hybridized carbons (Fsp3) is 0.207. The largest absolute Gasteiger partial charge is 0.496 e. The number of carboxylic acids is 1.